The Morgan fingerprint density at radius 3 is 3.38 bits per heavy atom. The molecule has 0 spiro atoms. The van der Waals surface area contributed by atoms with Crippen LogP contribution in [0.1, 0.15) is 12.2 Å². The Kier molecular flexibility index (Phi) is 1.32. The molecule has 2 aromatic rings. The standard InChI is InChI=1S/C8H7N3OS/c12-8-6-7(13-4-9-6)10-5-2-1-3-11(5)8/h4H,1-3H2. The number of hydrogen-bond donors (Lipinski definition) is 0. The molecule has 1 aliphatic heterocycles. The van der Waals surface area contributed by atoms with E-state index >= 15 is 0 Å². The first-order chi connectivity index (χ1) is 6.36. The molecule has 0 saturated heterocycles. The molecule has 3 heterocycles. The lowest BCUT2D eigenvalue weighted by atomic mass is 10.4. The van der Waals surface area contributed by atoms with Crippen molar-refractivity contribution in [2.45, 2.75) is 19.4 Å². The van der Waals surface area contributed by atoms with Gasteiger partial charge in [0.05, 0.1) is 5.51 Å². The minimum Gasteiger partial charge on any atom is -0.295 e. The molecule has 2 aromatic heterocycles. The van der Waals surface area contributed by atoms with Crippen LogP contribution in [-0.4, -0.2) is 14.5 Å². The second kappa shape index (κ2) is 2.38. The zero-order valence-corrected chi connectivity index (χ0v) is 7.67. The monoisotopic (exact) mass is 193 g/mol. The van der Waals surface area contributed by atoms with Crippen molar-refractivity contribution in [2.75, 3.05) is 0 Å². The molecule has 0 N–H and O–H groups in total. The summed E-state index contributed by atoms with van der Waals surface area (Å²) in [7, 11) is 0. The normalized spacial score (nSPS) is 15.1. The average molecular weight is 193 g/mol. The molecular formula is C8H7N3OS. The number of rotatable bonds is 0. The van der Waals surface area contributed by atoms with E-state index in [1.54, 1.807) is 10.1 Å². The van der Waals surface area contributed by atoms with Gasteiger partial charge in [-0.2, -0.15) is 0 Å². The summed E-state index contributed by atoms with van der Waals surface area (Å²) in [5.41, 5.74) is 2.23. The van der Waals surface area contributed by atoms with Crippen molar-refractivity contribution in [2.24, 2.45) is 0 Å². The number of thiazole rings is 1. The summed E-state index contributed by atoms with van der Waals surface area (Å²) in [6.07, 6.45) is 1.95. The molecular weight excluding hydrogens is 186 g/mol. The van der Waals surface area contributed by atoms with Crippen LogP contribution < -0.4 is 5.56 Å². The van der Waals surface area contributed by atoms with Gasteiger partial charge in [-0.25, -0.2) is 9.97 Å². The Balaban J connectivity index is 2.53. The van der Waals surface area contributed by atoms with Crippen LogP contribution in [0.25, 0.3) is 10.3 Å². The van der Waals surface area contributed by atoms with Crippen molar-refractivity contribution in [3.8, 4) is 0 Å². The molecule has 66 valence electrons. The van der Waals surface area contributed by atoms with Gasteiger partial charge in [0, 0.05) is 13.0 Å². The summed E-state index contributed by atoms with van der Waals surface area (Å²) >= 11 is 1.43. The van der Waals surface area contributed by atoms with Crippen molar-refractivity contribution >= 4 is 21.7 Å². The number of nitrogens with zero attached hydrogens (tertiary/aromatic N) is 3. The minimum atomic E-state index is 0.0266. The summed E-state index contributed by atoms with van der Waals surface area (Å²) in [5.74, 6) is 0.918. The van der Waals surface area contributed by atoms with Crippen LogP contribution >= 0.6 is 11.3 Å². The lowest BCUT2D eigenvalue weighted by Gasteiger charge is -1.99. The Bertz CT molecular complexity index is 528. The number of aryl methyl sites for hydroxylation is 1. The van der Waals surface area contributed by atoms with E-state index in [9.17, 15) is 4.79 Å². The highest BCUT2D eigenvalue weighted by Gasteiger charge is 2.16. The lowest BCUT2D eigenvalue weighted by molar-refractivity contribution is 0.718. The van der Waals surface area contributed by atoms with Crippen LogP contribution in [0.3, 0.4) is 0 Å². The Morgan fingerprint density at radius 1 is 1.54 bits per heavy atom. The number of aromatic nitrogens is 3. The summed E-state index contributed by atoms with van der Waals surface area (Å²) in [6, 6.07) is 0. The third kappa shape index (κ3) is 0.875. The van der Waals surface area contributed by atoms with Crippen molar-refractivity contribution in [1.82, 2.24) is 14.5 Å². The molecule has 4 nitrogen and oxygen atoms in total. The Hall–Kier alpha value is -1.23. The smallest absolute Gasteiger partial charge is 0.280 e. The van der Waals surface area contributed by atoms with Crippen LogP contribution in [-0.2, 0) is 13.0 Å². The highest BCUT2D eigenvalue weighted by atomic mass is 32.1. The van der Waals surface area contributed by atoms with Crippen LogP contribution in [0.2, 0.25) is 0 Å². The van der Waals surface area contributed by atoms with E-state index in [-0.39, 0.29) is 5.56 Å². The van der Waals surface area contributed by atoms with Gasteiger partial charge in [0.2, 0.25) is 0 Å². The van der Waals surface area contributed by atoms with Gasteiger partial charge in [0.15, 0.2) is 10.3 Å². The van der Waals surface area contributed by atoms with Crippen molar-refractivity contribution in [3.05, 3.63) is 21.7 Å². The third-order valence-corrected chi connectivity index (χ3v) is 3.04. The molecule has 0 radical (unpaired) electrons. The summed E-state index contributed by atoms with van der Waals surface area (Å²) in [5, 5.41) is 0. The zero-order valence-electron chi connectivity index (χ0n) is 6.86. The van der Waals surface area contributed by atoms with Crippen LogP contribution in [0.15, 0.2) is 10.3 Å². The van der Waals surface area contributed by atoms with E-state index in [0.717, 1.165) is 30.0 Å². The molecule has 0 bridgehead atoms. The van der Waals surface area contributed by atoms with Gasteiger partial charge in [0.25, 0.3) is 5.56 Å². The molecule has 0 fully saturated rings. The predicted molar refractivity (Wildman–Crippen MR) is 50.0 cm³/mol. The van der Waals surface area contributed by atoms with Gasteiger partial charge in [-0.3, -0.25) is 9.36 Å². The molecule has 0 saturated carbocycles. The number of hydrogen-bond acceptors (Lipinski definition) is 4. The third-order valence-electron chi connectivity index (χ3n) is 2.32. The fourth-order valence-corrected chi connectivity index (χ4v) is 2.37. The second-order valence-corrected chi connectivity index (χ2v) is 3.93. The highest BCUT2D eigenvalue weighted by molar-refractivity contribution is 7.16. The van der Waals surface area contributed by atoms with Crippen LogP contribution in [0.4, 0.5) is 0 Å². The fraction of sp³-hybridized carbons (Fsp3) is 0.375. The van der Waals surface area contributed by atoms with E-state index in [4.69, 9.17) is 0 Å². The summed E-state index contributed by atoms with van der Waals surface area (Å²) in [4.78, 5) is 20.9. The van der Waals surface area contributed by atoms with Crippen LogP contribution in [0.5, 0.6) is 0 Å². The maximum atomic E-state index is 11.7. The highest BCUT2D eigenvalue weighted by Crippen LogP contribution is 2.16. The molecule has 0 aliphatic carbocycles. The lowest BCUT2D eigenvalue weighted by Crippen LogP contribution is -2.20. The van der Waals surface area contributed by atoms with Gasteiger partial charge >= 0.3 is 0 Å². The minimum absolute atomic E-state index is 0.0266. The molecule has 1 aliphatic rings. The summed E-state index contributed by atoms with van der Waals surface area (Å²) < 4.78 is 1.74. The quantitative estimate of drug-likeness (QED) is 0.621. The van der Waals surface area contributed by atoms with Crippen molar-refractivity contribution < 1.29 is 0 Å². The zero-order chi connectivity index (χ0) is 8.84. The predicted octanol–water partition coefficient (Wildman–Crippen LogP) is 0.799. The SMILES string of the molecule is O=c1c2ncsc2nc2n1CCC2. The first kappa shape index (κ1) is 7.20. The van der Waals surface area contributed by atoms with Crippen LogP contribution in [0, 0.1) is 0 Å². The number of fused-ring (bicyclic) bond motifs is 2. The van der Waals surface area contributed by atoms with E-state index in [1.807, 2.05) is 0 Å². The molecule has 5 heteroatoms. The van der Waals surface area contributed by atoms with Gasteiger partial charge in [-0.05, 0) is 6.42 Å². The van der Waals surface area contributed by atoms with E-state index in [2.05, 4.69) is 9.97 Å². The van der Waals surface area contributed by atoms with Crippen molar-refractivity contribution in [1.29, 1.82) is 0 Å². The van der Waals surface area contributed by atoms with Gasteiger partial charge < -0.3 is 0 Å². The maximum absolute atomic E-state index is 11.7. The van der Waals surface area contributed by atoms with Gasteiger partial charge in [0.1, 0.15) is 5.82 Å². The van der Waals surface area contributed by atoms with Gasteiger partial charge in [-0.1, -0.05) is 0 Å². The maximum Gasteiger partial charge on any atom is 0.280 e. The Morgan fingerprint density at radius 2 is 2.46 bits per heavy atom. The second-order valence-electron chi connectivity index (χ2n) is 3.09. The molecule has 13 heavy (non-hydrogen) atoms. The molecule has 0 amide bonds. The molecule has 0 aromatic carbocycles. The van der Waals surface area contributed by atoms with E-state index in [1.165, 1.54) is 11.3 Å². The topological polar surface area (TPSA) is 47.8 Å². The average Bonchev–Trinajstić information content (AvgIpc) is 2.71. The molecule has 0 unspecified atom stereocenters. The first-order valence-corrected chi connectivity index (χ1v) is 5.07. The molecule has 0 atom stereocenters. The summed E-state index contributed by atoms with van der Waals surface area (Å²) in [6.45, 7) is 0.800. The van der Waals surface area contributed by atoms with E-state index < -0.39 is 0 Å². The largest absolute Gasteiger partial charge is 0.295 e. The van der Waals surface area contributed by atoms with E-state index in [0.29, 0.717) is 5.52 Å². The Labute approximate surface area is 77.9 Å². The van der Waals surface area contributed by atoms with Gasteiger partial charge in [-0.15, -0.1) is 11.3 Å². The fourth-order valence-electron chi connectivity index (χ4n) is 1.71. The van der Waals surface area contributed by atoms with Crippen molar-refractivity contribution in [3.63, 3.8) is 0 Å². The molecule has 3 rings (SSSR count). The first-order valence-electron chi connectivity index (χ1n) is 4.19.